The van der Waals surface area contributed by atoms with Gasteiger partial charge in [-0.25, -0.2) is 4.98 Å². The molecule has 3 aromatic carbocycles. The molecule has 0 fully saturated rings. The summed E-state index contributed by atoms with van der Waals surface area (Å²) in [4.78, 5) is 4.82. The van der Waals surface area contributed by atoms with Crippen molar-refractivity contribution in [1.29, 1.82) is 0 Å². The van der Waals surface area contributed by atoms with Gasteiger partial charge < -0.3 is 5.02 Å². The van der Waals surface area contributed by atoms with E-state index in [2.05, 4.69) is 22.8 Å². The number of rotatable bonds is 3. The molecule has 0 spiro atoms. The van der Waals surface area contributed by atoms with Crippen molar-refractivity contribution in [2.45, 2.75) is 0 Å². The van der Waals surface area contributed by atoms with E-state index in [0.29, 0.717) is 0 Å². The van der Waals surface area contributed by atoms with Gasteiger partial charge in [-0.2, -0.15) is 0 Å². The molecule has 0 aliphatic heterocycles. The van der Waals surface area contributed by atoms with Crippen LogP contribution in [0.4, 0.5) is 0 Å². The lowest BCUT2D eigenvalue weighted by molar-refractivity contribution is 0.615. The van der Waals surface area contributed by atoms with Gasteiger partial charge in [0.15, 0.2) is 0 Å². The van der Waals surface area contributed by atoms with Crippen molar-refractivity contribution in [3.63, 3.8) is 0 Å². The number of fused-ring (bicyclic) bond motifs is 1. The number of hydrogen-bond donors (Lipinski definition) is 1. The standard InChI is InChI=1S/C19H15BN2O/c23-20-15-12-10-14(11-13-15)19-21-17-8-4-5-9-18(17)22(19)16-6-2-1-3-7-16/h1-13,20,23H. The van der Waals surface area contributed by atoms with Crippen LogP contribution in [0.15, 0.2) is 78.9 Å². The molecule has 4 rings (SSSR count). The number of hydrogen-bond acceptors (Lipinski definition) is 2. The summed E-state index contributed by atoms with van der Waals surface area (Å²) in [5, 5.41) is 9.23. The van der Waals surface area contributed by atoms with Crippen molar-refractivity contribution >= 4 is 24.0 Å². The number of imidazole rings is 1. The summed E-state index contributed by atoms with van der Waals surface area (Å²) in [6, 6.07) is 26.3. The van der Waals surface area contributed by atoms with Crippen LogP contribution in [0.3, 0.4) is 0 Å². The summed E-state index contributed by atoms with van der Waals surface area (Å²) in [6.07, 6.45) is 0. The Morgan fingerprint density at radius 1 is 0.783 bits per heavy atom. The molecule has 4 heteroatoms. The molecule has 0 aliphatic carbocycles. The quantitative estimate of drug-likeness (QED) is 0.591. The number of para-hydroxylation sites is 3. The van der Waals surface area contributed by atoms with E-state index in [0.717, 1.165) is 33.6 Å². The molecule has 110 valence electrons. The molecule has 1 N–H and O–H groups in total. The highest BCUT2D eigenvalue weighted by Crippen LogP contribution is 2.28. The van der Waals surface area contributed by atoms with E-state index in [9.17, 15) is 5.02 Å². The van der Waals surface area contributed by atoms with Crippen LogP contribution in [0, 0.1) is 0 Å². The Labute approximate surface area is 135 Å². The van der Waals surface area contributed by atoms with Gasteiger partial charge >= 0.3 is 7.48 Å². The summed E-state index contributed by atoms with van der Waals surface area (Å²) in [5.74, 6) is 0.905. The van der Waals surface area contributed by atoms with Gasteiger partial charge in [-0.05, 0) is 24.3 Å². The molecule has 0 saturated carbocycles. The van der Waals surface area contributed by atoms with Crippen LogP contribution >= 0.6 is 0 Å². The van der Waals surface area contributed by atoms with E-state index in [1.165, 1.54) is 0 Å². The molecule has 1 heterocycles. The van der Waals surface area contributed by atoms with E-state index < -0.39 is 0 Å². The van der Waals surface area contributed by atoms with Gasteiger partial charge in [-0.1, -0.05) is 60.1 Å². The summed E-state index contributed by atoms with van der Waals surface area (Å²) >= 11 is 0. The fraction of sp³-hybridized carbons (Fsp3) is 0. The predicted molar refractivity (Wildman–Crippen MR) is 95.5 cm³/mol. The zero-order valence-corrected chi connectivity index (χ0v) is 12.6. The first-order valence-electron chi connectivity index (χ1n) is 7.60. The average Bonchev–Trinajstić information content (AvgIpc) is 3.02. The lowest BCUT2D eigenvalue weighted by Gasteiger charge is -2.09. The van der Waals surface area contributed by atoms with Crippen LogP contribution in [0.5, 0.6) is 0 Å². The van der Waals surface area contributed by atoms with Crippen molar-refractivity contribution in [2.24, 2.45) is 0 Å². The zero-order valence-electron chi connectivity index (χ0n) is 12.6. The topological polar surface area (TPSA) is 38.1 Å². The van der Waals surface area contributed by atoms with Crippen LogP contribution in [-0.4, -0.2) is 22.1 Å². The fourth-order valence-corrected chi connectivity index (χ4v) is 2.82. The Morgan fingerprint density at radius 3 is 2.22 bits per heavy atom. The molecule has 0 aliphatic rings. The lowest BCUT2D eigenvalue weighted by atomic mass is 9.88. The molecule has 0 unspecified atom stereocenters. The second kappa shape index (κ2) is 5.74. The van der Waals surface area contributed by atoms with Crippen LogP contribution in [-0.2, 0) is 0 Å². The highest BCUT2D eigenvalue weighted by Gasteiger charge is 2.13. The molecule has 0 atom stereocenters. The molecule has 0 saturated heterocycles. The van der Waals surface area contributed by atoms with Crippen molar-refractivity contribution in [3.05, 3.63) is 78.9 Å². The summed E-state index contributed by atoms with van der Waals surface area (Å²) in [7, 11) is 0.0510. The Morgan fingerprint density at radius 2 is 1.48 bits per heavy atom. The van der Waals surface area contributed by atoms with Crippen LogP contribution in [0.1, 0.15) is 0 Å². The number of aromatic nitrogens is 2. The highest BCUT2D eigenvalue weighted by molar-refractivity contribution is 6.45. The molecule has 0 bridgehead atoms. The summed E-state index contributed by atoms with van der Waals surface area (Å²) < 4.78 is 2.17. The third-order valence-corrected chi connectivity index (χ3v) is 3.97. The predicted octanol–water partition coefficient (Wildman–Crippen LogP) is 2.66. The second-order valence-corrected chi connectivity index (χ2v) is 5.45. The van der Waals surface area contributed by atoms with E-state index in [-0.39, 0.29) is 7.48 Å². The van der Waals surface area contributed by atoms with E-state index in [1.54, 1.807) is 0 Å². The minimum atomic E-state index is 0.0510. The minimum Gasteiger partial charge on any atom is -0.449 e. The maximum atomic E-state index is 9.23. The SMILES string of the molecule is OBc1ccc(-c2nc3ccccc3n2-c2ccccc2)cc1. The number of benzene rings is 3. The first-order chi connectivity index (χ1) is 11.4. The molecular formula is C19H15BN2O. The van der Waals surface area contributed by atoms with Crippen LogP contribution in [0.2, 0.25) is 0 Å². The minimum absolute atomic E-state index is 0.0510. The molecule has 1 aromatic heterocycles. The van der Waals surface area contributed by atoms with Crippen molar-refractivity contribution in [1.82, 2.24) is 9.55 Å². The summed E-state index contributed by atoms with van der Waals surface area (Å²) in [5.41, 5.74) is 5.07. The van der Waals surface area contributed by atoms with Gasteiger partial charge in [0, 0.05) is 11.3 Å². The van der Waals surface area contributed by atoms with E-state index >= 15 is 0 Å². The average molecular weight is 298 g/mol. The van der Waals surface area contributed by atoms with Gasteiger partial charge in [0.1, 0.15) is 5.82 Å². The molecule has 23 heavy (non-hydrogen) atoms. The lowest BCUT2D eigenvalue weighted by Crippen LogP contribution is -2.12. The maximum absolute atomic E-state index is 9.23. The summed E-state index contributed by atoms with van der Waals surface area (Å²) in [6.45, 7) is 0. The van der Waals surface area contributed by atoms with Crippen molar-refractivity contribution in [3.8, 4) is 17.1 Å². The maximum Gasteiger partial charge on any atom is 0.304 e. The first kappa shape index (κ1) is 13.8. The van der Waals surface area contributed by atoms with Gasteiger partial charge in [0.2, 0.25) is 0 Å². The molecule has 4 aromatic rings. The third kappa shape index (κ3) is 2.43. The molecule has 0 amide bonds. The molecule has 0 radical (unpaired) electrons. The molecular weight excluding hydrogens is 283 g/mol. The van der Waals surface area contributed by atoms with Crippen LogP contribution in [0.25, 0.3) is 28.1 Å². The largest absolute Gasteiger partial charge is 0.449 e. The van der Waals surface area contributed by atoms with E-state index in [4.69, 9.17) is 4.98 Å². The monoisotopic (exact) mass is 298 g/mol. The number of nitrogens with zero attached hydrogens (tertiary/aromatic N) is 2. The van der Waals surface area contributed by atoms with Crippen molar-refractivity contribution < 1.29 is 5.02 Å². The van der Waals surface area contributed by atoms with Crippen LogP contribution < -0.4 is 5.46 Å². The Balaban J connectivity index is 1.98. The third-order valence-electron chi connectivity index (χ3n) is 3.97. The normalized spacial score (nSPS) is 10.8. The first-order valence-corrected chi connectivity index (χ1v) is 7.60. The molecule has 3 nitrogen and oxygen atoms in total. The second-order valence-electron chi connectivity index (χ2n) is 5.45. The fourth-order valence-electron chi connectivity index (χ4n) is 2.82. The smallest absolute Gasteiger partial charge is 0.304 e. The highest BCUT2D eigenvalue weighted by atomic mass is 16.2. The van der Waals surface area contributed by atoms with E-state index in [1.807, 2.05) is 60.7 Å². The van der Waals surface area contributed by atoms with Gasteiger partial charge in [-0.3, -0.25) is 4.57 Å². The Bertz CT molecular complexity index is 946. The zero-order chi connectivity index (χ0) is 15.6. The Hall–Kier alpha value is -2.85. The van der Waals surface area contributed by atoms with Gasteiger partial charge in [-0.15, -0.1) is 0 Å². The van der Waals surface area contributed by atoms with Gasteiger partial charge in [0.25, 0.3) is 0 Å². The van der Waals surface area contributed by atoms with Crippen molar-refractivity contribution in [2.75, 3.05) is 0 Å². The Kier molecular flexibility index (Phi) is 3.44. The van der Waals surface area contributed by atoms with Gasteiger partial charge in [0.05, 0.1) is 11.0 Å².